The normalized spacial score (nSPS) is 12.0. The van der Waals surface area contributed by atoms with Crippen LogP contribution in [-0.4, -0.2) is 35.3 Å². The topological polar surface area (TPSA) is 64.9 Å². The van der Waals surface area contributed by atoms with Crippen LogP contribution in [-0.2, 0) is 4.79 Å². The van der Waals surface area contributed by atoms with Crippen LogP contribution >= 0.6 is 11.8 Å². The molecule has 0 spiro atoms. The van der Waals surface area contributed by atoms with Crippen LogP contribution in [0.25, 0.3) is 5.52 Å². The number of carbonyl (C=O) groups excluding carboxylic acids is 1. The van der Waals surface area contributed by atoms with Crippen LogP contribution in [0.1, 0.15) is 18.5 Å². The van der Waals surface area contributed by atoms with Gasteiger partial charge in [-0.15, -0.1) is 0 Å². The monoisotopic (exact) mass is 371 g/mol. The molecule has 1 N–H and O–H groups in total. The third kappa shape index (κ3) is 3.94. The van der Waals surface area contributed by atoms with Crippen LogP contribution in [0.2, 0.25) is 0 Å². The second-order valence-corrected chi connectivity index (χ2v) is 6.66. The third-order valence-corrected chi connectivity index (χ3v) is 4.98. The Morgan fingerprint density at radius 2 is 2.12 bits per heavy atom. The second-order valence-electron chi connectivity index (χ2n) is 5.72. The Balaban J connectivity index is 1.64. The quantitative estimate of drug-likeness (QED) is 0.646. The van der Waals surface area contributed by atoms with Crippen molar-refractivity contribution in [1.82, 2.24) is 14.7 Å². The fraction of sp³-hybridized carbons (Fsp3) is 0.263. The van der Waals surface area contributed by atoms with Crippen molar-refractivity contribution >= 4 is 23.2 Å². The maximum atomic E-state index is 12.4. The zero-order valence-electron chi connectivity index (χ0n) is 14.9. The Morgan fingerprint density at radius 1 is 1.27 bits per heavy atom. The number of ether oxygens (including phenoxy) is 2. The molecule has 1 atom stereocenters. The van der Waals surface area contributed by atoms with E-state index >= 15 is 0 Å². The van der Waals surface area contributed by atoms with E-state index in [0.717, 1.165) is 22.0 Å². The summed E-state index contributed by atoms with van der Waals surface area (Å²) in [5, 5.41) is 3.79. The van der Waals surface area contributed by atoms with Crippen LogP contribution in [0, 0.1) is 0 Å². The maximum absolute atomic E-state index is 12.4. The van der Waals surface area contributed by atoms with E-state index in [1.165, 1.54) is 11.8 Å². The fourth-order valence-electron chi connectivity index (χ4n) is 2.69. The van der Waals surface area contributed by atoms with E-state index in [1.54, 1.807) is 20.4 Å². The lowest BCUT2D eigenvalue weighted by atomic mass is 10.1. The number of benzene rings is 1. The Bertz CT molecular complexity index is 910. The Hall–Kier alpha value is -2.67. The third-order valence-electron chi connectivity index (χ3n) is 4.02. The first-order valence-electron chi connectivity index (χ1n) is 8.18. The Morgan fingerprint density at radius 3 is 2.88 bits per heavy atom. The minimum absolute atomic E-state index is 0.0694. The second kappa shape index (κ2) is 8.14. The highest BCUT2D eigenvalue weighted by molar-refractivity contribution is 7.99. The van der Waals surface area contributed by atoms with E-state index in [-0.39, 0.29) is 17.7 Å². The number of imidazole rings is 1. The van der Waals surface area contributed by atoms with E-state index in [0.29, 0.717) is 5.75 Å². The molecule has 0 aliphatic rings. The van der Waals surface area contributed by atoms with Crippen molar-refractivity contribution in [2.45, 2.75) is 18.1 Å². The average Bonchev–Trinajstić information content (AvgIpc) is 3.09. The smallest absolute Gasteiger partial charge is 0.230 e. The number of rotatable bonds is 7. The summed E-state index contributed by atoms with van der Waals surface area (Å²) in [6.45, 7) is 1.92. The summed E-state index contributed by atoms with van der Waals surface area (Å²) in [6.07, 6.45) is 3.73. The number of methoxy groups -OCH3 is 2. The number of nitrogens with zero attached hydrogens (tertiary/aromatic N) is 2. The minimum Gasteiger partial charge on any atom is -0.497 e. The number of aromatic nitrogens is 2. The number of fused-ring (bicyclic) bond motifs is 1. The van der Waals surface area contributed by atoms with Crippen molar-refractivity contribution in [3.05, 3.63) is 54.4 Å². The van der Waals surface area contributed by atoms with Gasteiger partial charge >= 0.3 is 0 Å². The van der Waals surface area contributed by atoms with Crippen molar-refractivity contribution in [2.24, 2.45) is 0 Å². The van der Waals surface area contributed by atoms with Gasteiger partial charge in [0.2, 0.25) is 5.91 Å². The highest BCUT2D eigenvalue weighted by atomic mass is 32.2. The highest BCUT2D eigenvalue weighted by Crippen LogP contribution is 2.29. The molecule has 2 aromatic heterocycles. The molecule has 0 bridgehead atoms. The molecular weight excluding hydrogens is 350 g/mol. The molecule has 26 heavy (non-hydrogen) atoms. The van der Waals surface area contributed by atoms with Gasteiger partial charge in [-0.25, -0.2) is 4.98 Å². The molecule has 0 unspecified atom stereocenters. The molecule has 0 saturated heterocycles. The Labute approximate surface area is 156 Å². The molecule has 0 fully saturated rings. The molecule has 1 aromatic carbocycles. The van der Waals surface area contributed by atoms with Gasteiger partial charge in [0.1, 0.15) is 11.5 Å². The highest BCUT2D eigenvalue weighted by Gasteiger charge is 2.16. The van der Waals surface area contributed by atoms with Gasteiger partial charge in [0.15, 0.2) is 5.16 Å². The van der Waals surface area contributed by atoms with Crippen LogP contribution in [0.4, 0.5) is 0 Å². The SMILES string of the molecule is COc1ccc(OC)c([C@H](C)NC(=O)CSc2ncc3ccccn23)c1. The molecule has 3 aromatic rings. The lowest BCUT2D eigenvalue weighted by Gasteiger charge is -2.18. The first-order valence-corrected chi connectivity index (χ1v) is 9.17. The number of nitrogens with one attached hydrogen (secondary N) is 1. The summed E-state index contributed by atoms with van der Waals surface area (Å²) in [6, 6.07) is 11.2. The standard InChI is InChI=1S/C19H21N3O3S/c1-13(16-10-15(24-2)7-8-17(16)25-3)21-18(23)12-26-19-20-11-14-6-4-5-9-22(14)19/h4-11,13H,12H2,1-3H3,(H,21,23)/t13-/m0/s1. The molecule has 0 aliphatic heterocycles. The first kappa shape index (κ1) is 18.1. The van der Waals surface area contributed by atoms with Crippen LogP contribution < -0.4 is 14.8 Å². The number of pyridine rings is 1. The van der Waals surface area contributed by atoms with Crippen molar-refractivity contribution < 1.29 is 14.3 Å². The molecule has 0 aliphatic carbocycles. The summed E-state index contributed by atoms with van der Waals surface area (Å²) in [5.74, 6) is 1.65. The van der Waals surface area contributed by atoms with E-state index in [4.69, 9.17) is 9.47 Å². The predicted molar refractivity (Wildman–Crippen MR) is 102 cm³/mol. The Kier molecular flexibility index (Phi) is 5.68. The van der Waals surface area contributed by atoms with Gasteiger partial charge in [0.25, 0.3) is 0 Å². The summed E-state index contributed by atoms with van der Waals surface area (Å²) in [5.41, 5.74) is 1.88. The van der Waals surface area contributed by atoms with Crippen molar-refractivity contribution in [1.29, 1.82) is 0 Å². The number of hydrogen-bond donors (Lipinski definition) is 1. The van der Waals surface area contributed by atoms with Gasteiger partial charge in [-0.2, -0.15) is 0 Å². The van der Waals surface area contributed by atoms with Crippen molar-refractivity contribution in [3.63, 3.8) is 0 Å². The van der Waals surface area contributed by atoms with Crippen LogP contribution in [0.5, 0.6) is 11.5 Å². The van der Waals surface area contributed by atoms with Gasteiger partial charge in [0.05, 0.1) is 37.7 Å². The molecule has 7 heteroatoms. The molecule has 6 nitrogen and oxygen atoms in total. The first-order chi connectivity index (χ1) is 12.6. The number of amides is 1. The van der Waals surface area contributed by atoms with E-state index in [2.05, 4.69) is 10.3 Å². The number of carbonyl (C=O) groups is 1. The largest absolute Gasteiger partial charge is 0.497 e. The number of hydrogen-bond acceptors (Lipinski definition) is 5. The van der Waals surface area contributed by atoms with Gasteiger partial charge in [0, 0.05) is 11.8 Å². The van der Waals surface area contributed by atoms with E-state index < -0.39 is 0 Å². The molecule has 136 valence electrons. The molecule has 0 saturated carbocycles. The lowest BCUT2D eigenvalue weighted by molar-refractivity contribution is -0.119. The maximum Gasteiger partial charge on any atom is 0.230 e. The molecule has 2 heterocycles. The average molecular weight is 371 g/mol. The van der Waals surface area contributed by atoms with Gasteiger partial charge in [-0.05, 0) is 37.3 Å². The minimum atomic E-state index is -0.204. The zero-order valence-corrected chi connectivity index (χ0v) is 15.7. The summed E-state index contributed by atoms with van der Waals surface area (Å²) < 4.78 is 12.6. The summed E-state index contributed by atoms with van der Waals surface area (Å²) in [4.78, 5) is 16.7. The van der Waals surface area contributed by atoms with Gasteiger partial charge in [-0.3, -0.25) is 9.20 Å². The lowest BCUT2D eigenvalue weighted by Crippen LogP contribution is -2.28. The molecular formula is C19H21N3O3S. The molecule has 3 rings (SSSR count). The van der Waals surface area contributed by atoms with Gasteiger partial charge < -0.3 is 14.8 Å². The summed E-state index contributed by atoms with van der Waals surface area (Å²) in [7, 11) is 3.22. The van der Waals surface area contributed by atoms with Crippen molar-refractivity contribution in [3.8, 4) is 11.5 Å². The van der Waals surface area contributed by atoms with Crippen LogP contribution in [0.15, 0.2) is 53.9 Å². The van der Waals surface area contributed by atoms with Crippen LogP contribution in [0.3, 0.4) is 0 Å². The van der Waals surface area contributed by atoms with E-state index in [1.807, 2.05) is 53.9 Å². The predicted octanol–water partition coefficient (Wildman–Crippen LogP) is 3.32. The summed E-state index contributed by atoms with van der Waals surface area (Å²) >= 11 is 1.40. The molecule has 0 radical (unpaired) electrons. The number of thioether (sulfide) groups is 1. The fourth-order valence-corrected chi connectivity index (χ4v) is 3.47. The van der Waals surface area contributed by atoms with E-state index in [9.17, 15) is 4.79 Å². The van der Waals surface area contributed by atoms with Gasteiger partial charge in [-0.1, -0.05) is 17.8 Å². The molecule has 1 amide bonds. The zero-order chi connectivity index (χ0) is 18.5. The van der Waals surface area contributed by atoms with Crippen molar-refractivity contribution in [2.75, 3.05) is 20.0 Å².